The Balaban J connectivity index is 2.10. The molecule has 0 saturated heterocycles. The van der Waals surface area contributed by atoms with Crippen LogP contribution in [-0.2, 0) is 5.41 Å². The summed E-state index contributed by atoms with van der Waals surface area (Å²) >= 11 is 0. The highest BCUT2D eigenvalue weighted by atomic mass is 16.1. The van der Waals surface area contributed by atoms with Gasteiger partial charge in [0.15, 0.2) is 5.82 Å². The lowest BCUT2D eigenvalue weighted by Crippen LogP contribution is -2.35. The molecule has 0 bridgehead atoms. The number of primary amides is 1. The molecule has 0 fully saturated rings. The Morgan fingerprint density at radius 3 is 2.25 bits per heavy atom. The van der Waals surface area contributed by atoms with Crippen LogP contribution in [0.4, 0.5) is 0 Å². The lowest BCUT2D eigenvalue weighted by Gasteiger charge is -2.30. The van der Waals surface area contributed by atoms with Crippen molar-refractivity contribution in [3.05, 3.63) is 71.1 Å². The monoisotopic (exact) mass is 375 g/mol. The summed E-state index contributed by atoms with van der Waals surface area (Å²) < 4.78 is 0. The first-order chi connectivity index (χ1) is 13.3. The Hall–Kier alpha value is -3.52. The van der Waals surface area contributed by atoms with Gasteiger partial charge in [0.1, 0.15) is 0 Å². The largest absolute Gasteiger partial charge is 0.399 e. The van der Waals surface area contributed by atoms with E-state index >= 15 is 0 Å². The minimum Gasteiger partial charge on any atom is -0.399 e. The van der Waals surface area contributed by atoms with Crippen molar-refractivity contribution in [3.8, 4) is 11.1 Å². The molecule has 1 aromatic heterocycles. The molecule has 1 unspecified atom stereocenters. The molecule has 1 amide bonds. The summed E-state index contributed by atoms with van der Waals surface area (Å²) in [7, 11) is 0. The Morgan fingerprint density at radius 2 is 1.75 bits per heavy atom. The van der Waals surface area contributed by atoms with Crippen LogP contribution in [0.1, 0.15) is 46.2 Å². The van der Waals surface area contributed by atoms with E-state index in [0.717, 1.165) is 27.8 Å². The van der Waals surface area contributed by atoms with Crippen LogP contribution in [0.25, 0.3) is 16.8 Å². The van der Waals surface area contributed by atoms with Gasteiger partial charge in [-0.3, -0.25) is 4.79 Å². The molecular formula is C20H21N7O. The number of nitrogens with zero attached hydrogens (tertiary/aromatic N) is 3. The van der Waals surface area contributed by atoms with Crippen LogP contribution < -0.4 is 17.2 Å². The van der Waals surface area contributed by atoms with Gasteiger partial charge in [-0.1, -0.05) is 30.0 Å². The van der Waals surface area contributed by atoms with Crippen molar-refractivity contribution in [2.45, 2.75) is 24.8 Å². The zero-order valence-corrected chi connectivity index (χ0v) is 15.4. The van der Waals surface area contributed by atoms with Crippen LogP contribution >= 0.6 is 0 Å². The van der Waals surface area contributed by atoms with Crippen molar-refractivity contribution in [2.24, 2.45) is 17.2 Å². The van der Waals surface area contributed by atoms with E-state index < -0.39 is 11.3 Å². The second kappa shape index (κ2) is 6.28. The fraction of sp³-hybridized carbons (Fsp3) is 0.200. The molecule has 0 saturated carbocycles. The Morgan fingerprint density at radius 1 is 1.14 bits per heavy atom. The maximum absolute atomic E-state index is 11.8. The van der Waals surface area contributed by atoms with Gasteiger partial charge in [-0.15, -0.1) is 10.2 Å². The minimum atomic E-state index is -0.698. The molecule has 0 spiro atoms. The first-order valence-electron chi connectivity index (χ1n) is 8.88. The lowest BCUT2D eigenvalue weighted by atomic mass is 9.73. The van der Waals surface area contributed by atoms with E-state index in [1.165, 1.54) is 0 Å². The molecular weight excluding hydrogens is 354 g/mol. The summed E-state index contributed by atoms with van der Waals surface area (Å²) in [5.74, 6) is 0.0314. The third-order valence-corrected chi connectivity index (χ3v) is 5.26. The Bertz CT molecular complexity index is 1020. The molecule has 8 nitrogen and oxygen atoms in total. The fourth-order valence-electron chi connectivity index (χ4n) is 4.15. The third-order valence-electron chi connectivity index (χ3n) is 5.26. The zero-order chi connectivity index (χ0) is 20.1. The fourth-order valence-corrected chi connectivity index (χ4v) is 4.15. The number of nitrogens with two attached hydrogens (primary N) is 3. The predicted molar refractivity (Wildman–Crippen MR) is 106 cm³/mol. The highest BCUT2D eigenvalue weighted by Gasteiger charge is 2.48. The molecule has 7 N–H and O–H groups in total. The smallest absolute Gasteiger partial charge is 0.248 e. The summed E-state index contributed by atoms with van der Waals surface area (Å²) in [5.41, 5.74) is 22.4. The van der Waals surface area contributed by atoms with E-state index in [-0.39, 0.29) is 6.04 Å². The van der Waals surface area contributed by atoms with Crippen LogP contribution in [0.15, 0.2) is 43.0 Å². The number of carbonyl (C=O) groups is 1. The molecule has 1 aliphatic rings. The number of H-pyrrole nitrogens is 1. The summed E-state index contributed by atoms with van der Waals surface area (Å²) in [5, 5.41) is 14.9. The van der Waals surface area contributed by atoms with Gasteiger partial charge >= 0.3 is 0 Å². The second-order valence-corrected chi connectivity index (χ2v) is 7.23. The quantitative estimate of drug-likeness (QED) is 0.527. The molecule has 2 atom stereocenters. The van der Waals surface area contributed by atoms with Gasteiger partial charge in [0.05, 0.1) is 5.41 Å². The van der Waals surface area contributed by atoms with Crippen molar-refractivity contribution in [1.29, 1.82) is 0 Å². The number of carbonyl (C=O) groups excluding carboxylic acids is 1. The van der Waals surface area contributed by atoms with Crippen LogP contribution in [-0.4, -0.2) is 32.6 Å². The first-order valence-corrected chi connectivity index (χ1v) is 8.88. The first kappa shape index (κ1) is 17.9. The average molecular weight is 375 g/mol. The van der Waals surface area contributed by atoms with E-state index in [1.54, 1.807) is 12.1 Å². The topological polar surface area (TPSA) is 150 Å². The van der Waals surface area contributed by atoms with Crippen LogP contribution in [0.2, 0.25) is 0 Å². The molecule has 3 aromatic rings. The summed E-state index contributed by atoms with van der Waals surface area (Å²) in [6.07, 6.45) is 0.561. The van der Waals surface area contributed by atoms with Crippen molar-refractivity contribution >= 4 is 11.6 Å². The van der Waals surface area contributed by atoms with Gasteiger partial charge in [-0.25, -0.2) is 0 Å². The molecule has 142 valence electrons. The van der Waals surface area contributed by atoms with Crippen LogP contribution in [0, 0.1) is 0 Å². The summed E-state index contributed by atoms with van der Waals surface area (Å²) in [4.78, 5) is 11.8. The maximum atomic E-state index is 11.8. The normalized spacial score (nSPS) is 18.4. The standard InChI is InChI=1S/C20H21N7O/c1-10(21)9-20(19-24-26-27-25-19)16-5-3-12(11(2)22)7-14(16)15-8-13(18(23)28)4-6-17(15)20/h3-8,10H,2,9,21-22H2,1H3,(H2,23,28)(H,24,25,26,27)/t10-,20?/m0/s1. The average Bonchev–Trinajstić information content (AvgIpc) is 3.27. The highest BCUT2D eigenvalue weighted by Crippen LogP contribution is 2.54. The third kappa shape index (κ3) is 2.49. The molecule has 0 aliphatic heterocycles. The van der Waals surface area contributed by atoms with Crippen LogP contribution in [0.3, 0.4) is 0 Å². The Kier molecular flexibility index (Phi) is 4.01. The van der Waals surface area contributed by atoms with Crippen molar-refractivity contribution in [1.82, 2.24) is 20.6 Å². The Labute approximate surface area is 161 Å². The van der Waals surface area contributed by atoms with Gasteiger partial charge in [0, 0.05) is 17.3 Å². The number of benzene rings is 2. The molecule has 2 aromatic carbocycles. The number of hydrogen-bond donors (Lipinski definition) is 4. The van der Waals surface area contributed by atoms with E-state index in [9.17, 15) is 4.79 Å². The van der Waals surface area contributed by atoms with Gasteiger partial charge in [0.25, 0.3) is 0 Å². The number of aromatic nitrogens is 4. The van der Waals surface area contributed by atoms with Gasteiger partial charge in [-0.2, -0.15) is 5.21 Å². The number of aromatic amines is 1. The number of tetrazole rings is 1. The number of hydrogen-bond acceptors (Lipinski definition) is 6. The minimum absolute atomic E-state index is 0.141. The van der Waals surface area contributed by atoms with Crippen molar-refractivity contribution in [3.63, 3.8) is 0 Å². The second-order valence-electron chi connectivity index (χ2n) is 7.23. The van der Waals surface area contributed by atoms with Crippen molar-refractivity contribution in [2.75, 3.05) is 0 Å². The highest BCUT2D eigenvalue weighted by molar-refractivity contribution is 5.96. The molecule has 8 heteroatoms. The van der Waals surface area contributed by atoms with E-state index in [0.29, 0.717) is 23.5 Å². The number of amides is 1. The van der Waals surface area contributed by atoms with Gasteiger partial charge < -0.3 is 17.2 Å². The number of fused-ring (bicyclic) bond motifs is 3. The van der Waals surface area contributed by atoms with Crippen LogP contribution in [0.5, 0.6) is 0 Å². The molecule has 1 heterocycles. The van der Waals surface area contributed by atoms with Gasteiger partial charge in [0.2, 0.25) is 5.91 Å². The van der Waals surface area contributed by atoms with E-state index in [1.807, 2.05) is 31.2 Å². The SMILES string of the molecule is C=C(N)c1ccc2c(c1)-c1cc(C(N)=O)ccc1C2(C[C@H](C)N)c1nn[nH]n1. The molecule has 0 radical (unpaired) electrons. The van der Waals surface area contributed by atoms with E-state index in [4.69, 9.17) is 17.2 Å². The number of rotatable bonds is 5. The molecule has 28 heavy (non-hydrogen) atoms. The van der Waals surface area contributed by atoms with Crippen molar-refractivity contribution < 1.29 is 4.79 Å². The summed E-state index contributed by atoms with van der Waals surface area (Å²) in [6, 6.07) is 11.1. The maximum Gasteiger partial charge on any atom is 0.248 e. The lowest BCUT2D eigenvalue weighted by molar-refractivity contribution is 0.100. The van der Waals surface area contributed by atoms with Gasteiger partial charge in [-0.05, 0) is 59.4 Å². The molecule has 1 aliphatic carbocycles. The zero-order valence-electron chi connectivity index (χ0n) is 15.4. The molecule has 4 rings (SSSR count). The predicted octanol–water partition coefficient (Wildman–Crippen LogP) is 1.28. The number of nitrogens with one attached hydrogen (secondary N) is 1. The van der Waals surface area contributed by atoms with E-state index in [2.05, 4.69) is 27.2 Å². The summed E-state index contributed by atoms with van der Waals surface area (Å²) in [6.45, 7) is 5.77.